The molecular weight excluding hydrogens is 364 g/mol. The lowest BCUT2D eigenvalue weighted by molar-refractivity contribution is 0.217. The quantitative estimate of drug-likeness (QED) is 0.779. The molecule has 1 aromatic heterocycles. The van der Waals surface area contributed by atoms with Crippen LogP contribution in [-0.4, -0.2) is 60.1 Å². The number of likely N-dealkylation sites (tertiary alicyclic amines) is 2. The maximum absolute atomic E-state index is 12.6. The summed E-state index contributed by atoms with van der Waals surface area (Å²) in [6, 6.07) is 13.9. The summed E-state index contributed by atoms with van der Waals surface area (Å²) in [5.41, 5.74) is 1.94. The van der Waals surface area contributed by atoms with Crippen molar-refractivity contribution in [3.8, 4) is 5.88 Å². The van der Waals surface area contributed by atoms with E-state index in [0.717, 1.165) is 32.5 Å². The first-order valence-corrected chi connectivity index (χ1v) is 10.7. The maximum Gasteiger partial charge on any atom is 0.321 e. The second-order valence-electron chi connectivity index (χ2n) is 8.01. The molecule has 2 aliphatic heterocycles. The van der Waals surface area contributed by atoms with Gasteiger partial charge < -0.3 is 19.9 Å². The second kappa shape index (κ2) is 9.74. The molecular formula is C23H30N4O2. The molecule has 1 unspecified atom stereocenters. The zero-order chi connectivity index (χ0) is 19.9. The van der Waals surface area contributed by atoms with Crippen LogP contribution in [0.5, 0.6) is 5.88 Å². The molecule has 2 saturated heterocycles. The van der Waals surface area contributed by atoms with Crippen molar-refractivity contribution in [3.05, 3.63) is 54.2 Å². The Morgan fingerprint density at radius 1 is 1.10 bits per heavy atom. The number of hydrogen-bond donors (Lipinski definition) is 1. The standard InChI is InChI=1S/C23H30N4O2/c28-23(27-14-10-20(18-27)17-26-12-4-5-13-26)25-21-8-9-22(24-16-21)29-15-11-19-6-2-1-3-7-19/h1-3,6-9,16,20H,4-5,10-15,17-18H2,(H,25,28). The van der Waals surface area contributed by atoms with Crippen LogP contribution in [0.3, 0.4) is 0 Å². The van der Waals surface area contributed by atoms with Gasteiger partial charge in [0.1, 0.15) is 0 Å². The molecule has 0 spiro atoms. The summed E-state index contributed by atoms with van der Waals surface area (Å²) in [5, 5.41) is 2.96. The third-order valence-electron chi connectivity index (χ3n) is 5.76. The fourth-order valence-electron chi connectivity index (χ4n) is 4.16. The lowest BCUT2D eigenvalue weighted by atomic mass is 10.1. The molecule has 1 aromatic carbocycles. The molecule has 2 aliphatic rings. The largest absolute Gasteiger partial charge is 0.477 e. The number of pyridine rings is 1. The molecule has 154 valence electrons. The van der Waals surface area contributed by atoms with Gasteiger partial charge in [0.2, 0.25) is 5.88 Å². The number of urea groups is 1. The van der Waals surface area contributed by atoms with Gasteiger partial charge in [-0.15, -0.1) is 0 Å². The number of carbonyl (C=O) groups excluding carboxylic acids is 1. The van der Waals surface area contributed by atoms with Crippen LogP contribution in [-0.2, 0) is 6.42 Å². The van der Waals surface area contributed by atoms with Crippen molar-refractivity contribution in [3.63, 3.8) is 0 Å². The van der Waals surface area contributed by atoms with Gasteiger partial charge in [-0.3, -0.25) is 0 Å². The van der Waals surface area contributed by atoms with E-state index in [9.17, 15) is 4.79 Å². The Kier molecular flexibility index (Phi) is 6.62. The zero-order valence-corrected chi connectivity index (χ0v) is 16.9. The first-order valence-electron chi connectivity index (χ1n) is 10.7. The van der Waals surface area contributed by atoms with Gasteiger partial charge in [0.05, 0.1) is 18.5 Å². The monoisotopic (exact) mass is 394 g/mol. The van der Waals surface area contributed by atoms with Crippen molar-refractivity contribution in [1.29, 1.82) is 0 Å². The van der Waals surface area contributed by atoms with E-state index >= 15 is 0 Å². The number of nitrogens with one attached hydrogen (secondary N) is 1. The molecule has 2 fully saturated rings. The van der Waals surface area contributed by atoms with Crippen LogP contribution >= 0.6 is 0 Å². The van der Waals surface area contributed by atoms with Crippen LogP contribution in [0.2, 0.25) is 0 Å². The molecule has 29 heavy (non-hydrogen) atoms. The fourth-order valence-corrected chi connectivity index (χ4v) is 4.16. The molecule has 4 rings (SSSR count). The highest BCUT2D eigenvalue weighted by atomic mass is 16.5. The molecule has 0 radical (unpaired) electrons. The van der Waals surface area contributed by atoms with Gasteiger partial charge in [-0.2, -0.15) is 0 Å². The van der Waals surface area contributed by atoms with E-state index in [0.29, 0.717) is 24.1 Å². The van der Waals surface area contributed by atoms with Crippen LogP contribution in [0.15, 0.2) is 48.7 Å². The van der Waals surface area contributed by atoms with Gasteiger partial charge in [0.15, 0.2) is 0 Å². The minimum atomic E-state index is -0.0338. The van der Waals surface area contributed by atoms with Crippen LogP contribution < -0.4 is 10.1 Å². The molecule has 1 atom stereocenters. The van der Waals surface area contributed by atoms with Crippen molar-refractivity contribution in [2.24, 2.45) is 5.92 Å². The third kappa shape index (κ3) is 5.70. The highest BCUT2D eigenvalue weighted by molar-refractivity contribution is 5.89. The summed E-state index contributed by atoms with van der Waals surface area (Å²) in [6.07, 6.45) is 6.23. The van der Waals surface area contributed by atoms with E-state index in [1.165, 1.54) is 31.5 Å². The van der Waals surface area contributed by atoms with Crippen LogP contribution in [0, 0.1) is 5.92 Å². The number of benzene rings is 1. The third-order valence-corrected chi connectivity index (χ3v) is 5.76. The van der Waals surface area contributed by atoms with Crippen molar-refractivity contribution < 1.29 is 9.53 Å². The average Bonchev–Trinajstić information content (AvgIpc) is 3.43. The molecule has 0 aliphatic carbocycles. The lowest BCUT2D eigenvalue weighted by Crippen LogP contribution is -2.34. The predicted molar refractivity (Wildman–Crippen MR) is 114 cm³/mol. The van der Waals surface area contributed by atoms with Gasteiger partial charge >= 0.3 is 6.03 Å². The molecule has 3 heterocycles. The normalized spacial score (nSPS) is 19.4. The summed E-state index contributed by atoms with van der Waals surface area (Å²) in [4.78, 5) is 21.3. The number of carbonyl (C=O) groups is 1. The summed E-state index contributed by atoms with van der Waals surface area (Å²) in [7, 11) is 0. The number of amides is 2. The average molecular weight is 395 g/mol. The van der Waals surface area contributed by atoms with E-state index in [-0.39, 0.29) is 6.03 Å². The maximum atomic E-state index is 12.6. The Balaban J connectivity index is 1.19. The SMILES string of the molecule is O=C(Nc1ccc(OCCc2ccccc2)nc1)N1CCC(CN2CCCC2)C1. The smallest absolute Gasteiger partial charge is 0.321 e. The zero-order valence-electron chi connectivity index (χ0n) is 16.9. The first-order chi connectivity index (χ1) is 14.3. The molecule has 6 nitrogen and oxygen atoms in total. The fraction of sp³-hybridized carbons (Fsp3) is 0.478. The van der Waals surface area contributed by atoms with E-state index in [2.05, 4.69) is 27.3 Å². The van der Waals surface area contributed by atoms with Crippen LogP contribution in [0.1, 0.15) is 24.8 Å². The van der Waals surface area contributed by atoms with Crippen LogP contribution in [0.25, 0.3) is 0 Å². The van der Waals surface area contributed by atoms with Crippen molar-refractivity contribution in [1.82, 2.24) is 14.8 Å². The number of anilines is 1. The van der Waals surface area contributed by atoms with Crippen molar-refractivity contribution >= 4 is 11.7 Å². The Morgan fingerprint density at radius 3 is 2.69 bits per heavy atom. The van der Waals surface area contributed by atoms with E-state index in [1.807, 2.05) is 29.2 Å². The van der Waals surface area contributed by atoms with Gasteiger partial charge in [-0.25, -0.2) is 9.78 Å². The highest BCUT2D eigenvalue weighted by Crippen LogP contribution is 2.21. The Bertz CT molecular complexity index is 775. The number of hydrogen-bond acceptors (Lipinski definition) is 4. The molecule has 2 amide bonds. The lowest BCUT2D eigenvalue weighted by Gasteiger charge is -2.21. The minimum absolute atomic E-state index is 0.0338. The van der Waals surface area contributed by atoms with Gasteiger partial charge in [-0.05, 0) is 49.9 Å². The Labute approximate surface area is 172 Å². The molecule has 0 bridgehead atoms. The molecule has 0 saturated carbocycles. The van der Waals surface area contributed by atoms with Crippen LogP contribution in [0.4, 0.5) is 10.5 Å². The number of rotatable bonds is 7. The summed E-state index contributed by atoms with van der Waals surface area (Å²) in [5.74, 6) is 1.17. The summed E-state index contributed by atoms with van der Waals surface area (Å²) < 4.78 is 5.71. The van der Waals surface area contributed by atoms with Gasteiger partial charge in [0.25, 0.3) is 0 Å². The first kappa shape index (κ1) is 19.7. The minimum Gasteiger partial charge on any atom is -0.477 e. The van der Waals surface area contributed by atoms with E-state index < -0.39 is 0 Å². The van der Waals surface area contributed by atoms with Gasteiger partial charge in [-0.1, -0.05) is 30.3 Å². The second-order valence-corrected chi connectivity index (χ2v) is 8.01. The van der Waals surface area contributed by atoms with E-state index in [4.69, 9.17) is 4.74 Å². The predicted octanol–water partition coefficient (Wildman–Crippen LogP) is 3.65. The molecule has 6 heteroatoms. The number of ether oxygens (including phenoxy) is 1. The Hall–Kier alpha value is -2.60. The topological polar surface area (TPSA) is 57.7 Å². The number of nitrogens with zero attached hydrogens (tertiary/aromatic N) is 3. The molecule has 2 aromatic rings. The van der Waals surface area contributed by atoms with Gasteiger partial charge in [0, 0.05) is 32.1 Å². The molecule has 1 N–H and O–H groups in total. The number of aromatic nitrogens is 1. The highest BCUT2D eigenvalue weighted by Gasteiger charge is 2.28. The van der Waals surface area contributed by atoms with Crippen molar-refractivity contribution in [2.75, 3.05) is 44.6 Å². The van der Waals surface area contributed by atoms with Crippen molar-refractivity contribution in [2.45, 2.75) is 25.7 Å². The Morgan fingerprint density at radius 2 is 1.93 bits per heavy atom. The summed E-state index contributed by atoms with van der Waals surface area (Å²) in [6.45, 7) is 5.81. The van der Waals surface area contributed by atoms with E-state index in [1.54, 1.807) is 12.3 Å². The summed E-state index contributed by atoms with van der Waals surface area (Å²) >= 11 is 0.